The molecule has 0 aliphatic heterocycles. The molecule has 1 aliphatic rings. The van der Waals surface area contributed by atoms with Crippen LogP contribution >= 0.6 is 11.3 Å². The molecule has 2 aromatic heterocycles. The van der Waals surface area contributed by atoms with Gasteiger partial charge in [0.05, 0.1) is 32.0 Å². The largest absolute Gasteiger partial charge is 0.497 e. The highest BCUT2D eigenvalue weighted by atomic mass is 32.1. The van der Waals surface area contributed by atoms with Crippen LogP contribution in [0.25, 0.3) is 10.2 Å². The number of ether oxygens (including phenoxy) is 2. The molecule has 1 aromatic carbocycles. The quantitative estimate of drug-likeness (QED) is 0.672. The molecule has 0 saturated carbocycles. The van der Waals surface area contributed by atoms with E-state index in [1.54, 1.807) is 37.7 Å². The van der Waals surface area contributed by atoms with E-state index < -0.39 is 0 Å². The Balaban J connectivity index is 1.55. The number of carbonyl (C=O) groups excluding carboxylic acids is 1. The zero-order valence-electron chi connectivity index (χ0n) is 16.7. The third-order valence-electron chi connectivity index (χ3n) is 5.29. The van der Waals surface area contributed by atoms with Gasteiger partial charge in [-0.25, -0.2) is 4.98 Å². The molecule has 152 valence electrons. The highest BCUT2D eigenvalue weighted by Gasteiger charge is 2.22. The van der Waals surface area contributed by atoms with Crippen molar-refractivity contribution in [2.75, 3.05) is 14.2 Å². The number of hydrogen-bond donors (Lipinski definition) is 1. The van der Waals surface area contributed by atoms with Crippen molar-refractivity contribution in [1.29, 1.82) is 0 Å². The van der Waals surface area contributed by atoms with Crippen LogP contribution in [0.4, 0.5) is 0 Å². The molecule has 1 aliphatic carbocycles. The molecule has 0 bridgehead atoms. The lowest BCUT2D eigenvalue weighted by Crippen LogP contribution is -2.34. The summed E-state index contributed by atoms with van der Waals surface area (Å²) < 4.78 is 12.1. The molecule has 4 rings (SSSR count). The fourth-order valence-corrected chi connectivity index (χ4v) is 5.05. The highest BCUT2D eigenvalue weighted by molar-refractivity contribution is 7.18. The number of carbonyl (C=O) groups is 1. The Morgan fingerprint density at radius 2 is 2.14 bits per heavy atom. The minimum absolute atomic E-state index is 0.0803. The first-order chi connectivity index (χ1) is 14.0. The number of aryl methyl sites for hydroxylation is 2. The average molecular weight is 413 g/mol. The number of rotatable bonds is 6. The van der Waals surface area contributed by atoms with Crippen molar-refractivity contribution in [3.05, 3.63) is 50.9 Å². The molecule has 0 spiro atoms. The second-order valence-electron chi connectivity index (χ2n) is 7.11. The van der Waals surface area contributed by atoms with E-state index in [-0.39, 0.29) is 24.1 Å². The van der Waals surface area contributed by atoms with Gasteiger partial charge in [-0.2, -0.15) is 0 Å². The SMILES string of the molecule is COc1ccc(OC)c(C(C)NC(=O)Cn2cnc3sc4c(c3c2=O)CCC4)c1. The molecule has 0 saturated heterocycles. The second-order valence-corrected chi connectivity index (χ2v) is 8.20. The Morgan fingerprint density at radius 3 is 2.90 bits per heavy atom. The topological polar surface area (TPSA) is 82.4 Å². The van der Waals surface area contributed by atoms with Gasteiger partial charge in [0.25, 0.3) is 5.56 Å². The number of nitrogens with one attached hydrogen (secondary N) is 1. The fraction of sp³-hybridized carbons (Fsp3) is 0.381. The molecule has 29 heavy (non-hydrogen) atoms. The van der Waals surface area contributed by atoms with Gasteiger partial charge in [0.2, 0.25) is 5.91 Å². The van der Waals surface area contributed by atoms with E-state index >= 15 is 0 Å². The van der Waals surface area contributed by atoms with E-state index in [1.165, 1.54) is 15.8 Å². The molecular formula is C21H23N3O4S. The van der Waals surface area contributed by atoms with Crippen LogP contribution in [0.3, 0.4) is 0 Å². The summed E-state index contributed by atoms with van der Waals surface area (Å²) in [5, 5.41) is 3.61. The lowest BCUT2D eigenvalue weighted by molar-refractivity contribution is -0.122. The van der Waals surface area contributed by atoms with Gasteiger partial charge in [-0.15, -0.1) is 11.3 Å². The van der Waals surface area contributed by atoms with Gasteiger partial charge in [0.1, 0.15) is 22.9 Å². The van der Waals surface area contributed by atoms with Gasteiger partial charge in [-0.1, -0.05) is 0 Å². The van der Waals surface area contributed by atoms with Crippen LogP contribution < -0.4 is 20.3 Å². The van der Waals surface area contributed by atoms with E-state index in [0.717, 1.165) is 35.2 Å². The maximum Gasteiger partial charge on any atom is 0.262 e. The average Bonchev–Trinajstić information content (AvgIpc) is 3.30. The highest BCUT2D eigenvalue weighted by Crippen LogP contribution is 2.34. The van der Waals surface area contributed by atoms with Crippen LogP contribution in [0.1, 0.15) is 35.4 Å². The van der Waals surface area contributed by atoms with Crippen molar-refractivity contribution in [1.82, 2.24) is 14.9 Å². The van der Waals surface area contributed by atoms with Crippen LogP contribution in [-0.4, -0.2) is 29.7 Å². The summed E-state index contributed by atoms with van der Waals surface area (Å²) in [7, 11) is 3.17. The molecule has 3 aromatic rings. The Morgan fingerprint density at radius 1 is 1.31 bits per heavy atom. The normalized spacial score (nSPS) is 13.9. The summed E-state index contributed by atoms with van der Waals surface area (Å²) in [6, 6.07) is 5.12. The molecule has 7 nitrogen and oxygen atoms in total. The number of hydrogen-bond acceptors (Lipinski definition) is 6. The maximum atomic E-state index is 12.9. The number of amides is 1. The van der Waals surface area contributed by atoms with Gasteiger partial charge >= 0.3 is 0 Å². The van der Waals surface area contributed by atoms with Crippen molar-refractivity contribution < 1.29 is 14.3 Å². The molecule has 0 radical (unpaired) electrons. The van der Waals surface area contributed by atoms with E-state index in [2.05, 4.69) is 10.3 Å². The summed E-state index contributed by atoms with van der Waals surface area (Å²) in [4.78, 5) is 32.0. The lowest BCUT2D eigenvalue weighted by Gasteiger charge is -2.18. The molecular weight excluding hydrogens is 390 g/mol. The summed E-state index contributed by atoms with van der Waals surface area (Å²) >= 11 is 1.59. The Kier molecular flexibility index (Phi) is 5.27. The summed E-state index contributed by atoms with van der Waals surface area (Å²) in [5.41, 5.74) is 1.78. The van der Waals surface area contributed by atoms with Crippen molar-refractivity contribution in [3.8, 4) is 11.5 Å². The molecule has 1 unspecified atom stereocenters. The first-order valence-corrected chi connectivity index (χ1v) is 10.3. The van der Waals surface area contributed by atoms with Gasteiger partial charge in [0, 0.05) is 10.4 Å². The number of nitrogens with zero attached hydrogens (tertiary/aromatic N) is 2. The Hall–Kier alpha value is -2.87. The predicted molar refractivity (Wildman–Crippen MR) is 112 cm³/mol. The first-order valence-electron chi connectivity index (χ1n) is 9.52. The summed E-state index contributed by atoms with van der Waals surface area (Å²) in [5.74, 6) is 1.07. The van der Waals surface area contributed by atoms with Gasteiger partial charge < -0.3 is 14.8 Å². The third kappa shape index (κ3) is 3.60. The minimum atomic E-state index is -0.315. The second kappa shape index (κ2) is 7.87. The zero-order chi connectivity index (χ0) is 20.5. The number of methoxy groups -OCH3 is 2. The maximum absolute atomic E-state index is 12.9. The van der Waals surface area contributed by atoms with E-state index in [0.29, 0.717) is 16.9 Å². The van der Waals surface area contributed by atoms with Crippen LogP contribution in [0, 0.1) is 0 Å². The van der Waals surface area contributed by atoms with Gasteiger partial charge in [0.15, 0.2) is 0 Å². The lowest BCUT2D eigenvalue weighted by atomic mass is 10.1. The van der Waals surface area contributed by atoms with E-state index in [4.69, 9.17) is 9.47 Å². The molecule has 8 heteroatoms. The van der Waals surface area contributed by atoms with E-state index in [9.17, 15) is 9.59 Å². The number of fused-ring (bicyclic) bond motifs is 3. The van der Waals surface area contributed by atoms with Gasteiger partial charge in [-0.3, -0.25) is 14.2 Å². The number of aromatic nitrogens is 2. The third-order valence-corrected chi connectivity index (χ3v) is 6.49. The zero-order valence-corrected chi connectivity index (χ0v) is 17.5. The van der Waals surface area contributed by atoms with Crippen LogP contribution in [0.15, 0.2) is 29.3 Å². The smallest absolute Gasteiger partial charge is 0.262 e. The van der Waals surface area contributed by atoms with E-state index in [1.807, 2.05) is 13.0 Å². The molecule has 0 fully saturated rings. The van der Waals surface area contributed by atoms with Crippen molar-refractivity contribution in [3.63, 3.8) is 0 Å². The molecule has 1 N–H and O–H groups in total. The Labute approximate surface area is 172 Å². The number of benzene rings is 1. The van der Waals surface area contributed by atoms with Crippen LogP contribution in [0.2, 0.25) is 0 Å². The van der Waals surface area contributed by atoms with Crippen molar-refractivity contribution in [2.24, 2.45) is 0 Å². The standard InChI is InChI=1S/C21H23N3O4S/c1-12(15-9-13(27-2)7-8-16(15)28-3)23-18(25)10-24-11-22-20-19(21(24)26)14-5-4-6-17(14)29-20/h7-9,11-12H,4-6,10H2,1-3H3,(H,23,25). The van der Waals surface area contributed by atoms with Crippen LogP contribution in [-0.2, 0) is 24.2 Å². The minimum Gasteiger partial charge on any atom is -0.497 e. The molecule has 2 heterocycles. The first kappa shape index (κ1) is 19.4. The van der Waals surface area contributed by atoms with Crippen molar-refractivity contribution in [2.45, 2.75) is 38.8 Å². The Bertz CT molecular complexity index is 1130. The number of thiophene rings is 1. The van der Waals surface area contributed by atoms with Crippen molar-refractivity contribution >= 4 is 27.5 Å². The van der Waals surface area contributed by atoms with Crippen LogP contribution in [0.5, 0.6) is 11.5 Å². The summed E-state index contributed by atoms with van der Waals surface area (Å²) in [6.07, 6.45) is 4.46. The summed E-state index contributed by atoms with van der Waals surface area (Å²) in [6.45, 7) is 1.79. The fourth-order valence-electron chi connectivity index (χ4n) is 3.83. The molecule has 1 atom stereocenters. The van der Waals surface area contributed by atoms with Gasteiger partial charge in [-0.05, 0) is 49.9 Å². The predicted octanol–water partition coefficient (Wildman–Crippen LogP) is 2.84. The monoisotopic (exact) mass is 413 g/mol. The molecule has 1 amide bonds.